The maximum atomic E-state index is 5.69. The number of thiazole rings is 1. The van der Waals surface area contributed by atoms with Crippen LogP contribution < -0.4 is 5.73 Å². The highest BCUT2D eigenvalue weighted by molar-refractivity contribution is 7.15. The van der Waals surface area contributed by atoms with Crippen molar-refractivity contribution in [3.63, 3.8) is 0 Å². The average molecular weight is 261 g/mol. The fourth-order valence-electron chi connectivity index (χ4n) is 2.11. The van der Waals surface area contributed by atoms with Gasteiger partial charge >= 0.3 is 0 Å². The molecule has 2 N–H and O–H groups in total. The van der Waals surface area contributed by atoms with Crippen molar-refractivity contribution in [2.24, 2.45) is 5.73 Å². The van der Waals surface area contributed by atoms with E-state index in [0.29, 0.717) is 6.54 Å². The van der Waals surface area contributed by atoms with Crippen LogP contribution in [-0.4, -0.2) is 16.5 Å². The van der Waals surface area contributed by atoms with Crippen LogP contribution in [0.15, 0.2) is 24.5 Å². The third kappa shape index (κ3) is 2.60. The largest absolute Gasteiger partial charge is 0.330 e. The van der Waals surface area contributed by atoms with E-state index in [-0.39, 0.29) is 5.41 Å². The minimum absolute atomic E-state index is 0.0942. The SMILES string of the molecule is Cc1nc(-c2cccnc2)sc1C(C)(C)CCN. The zero-order chi connectivity index (χ0) is 13.2. The van der Waals surface area contributed by atoms with Gasteiger partial charge in [-0.1, -0.05) is 13.8 Å². The van der Waals surface area contributed by atoms with Gasteiger partial charge in [0.2, 0.25) is 0 Å². The monoisotopic (exact) mass is 261 g/mol. The maximum Gasteiger partial charge on any atom is 0.125 e. The molecule has 0 spiro atoms. The lowest BCUT2D eigenvalue weighted by Gasteiger charge is -2.22. The highest BCUT2D eigenvalue weighted by atomic mass is 32.1. The summed E-state index contributed by atoms with van der Waals surface area (Å²) in [6.45, 7) is 7.23. The number of nitrogens with two attached hydrogens (primary N) is 1. The van der Waals surface area contributed by atoms with Gasteiger partial charge in [-0.05, 0) is 32.0 Å². The molecule has 3 nitrogen and oxygen atoms in total. The lowest BCUT2D eigenvalue weighted by molar-refractivity contribution is 0.494. The molecule has 0 amide bonds. The van der Waals surface area contributed by atoms with Crippen LogP contribution in [0.4, 0.5) is 0 Å². The van der Waals surface area contributed by atoms with Crippen LogP contribution in [-0.2, 0) is 5.41 Å². The van der Waals surface area contributed by atoms with E-state index in [1.54, 1.807) is 17.5 Å². The quantitative estimate of drug-likeness (QED) is 0.920. The molecule has 0 aromatic carbocycles. The first kappa shape index (κ1) is 13.2. The zero-order valence-electron chi connectivity index (χ0n) is 11.1. The van der Waals surface area contributed by atoms with Gasteiger partial charge in [-0.3, -0.25) is 4.98 Å². The predicted molar refractivity (Wildman–Crippen MR) is 76.8 cm³/mol. The Bertz CT molecular complexity index is 517. The van der Waals surface area contributed by atoms with Gasteiger partial charge in [-0.15, -0.1) is 11.3 Å². The van der Waals surface area contributed by atoms with E-state index in [9.17, 15) is 0 Å². The topological polar surface area (TPSA) is 51.8 Å². The number of aromatic nitrogens is 2. The van der Waals surface area contributed by atoms with E-state index in [0.717, 1.165) is 22.7 Å². The van der Waals surface area contributed by atoms with Gasteiger partial charge in [0, 0.05) is 28.2 Å². The zero-order valence-corrected chi connectivity index (χ0v) is 11.9. The third-order valence-corrected chi connectivity index (χ3v) is 4.66. The molecule has 0 atom stereocenters. The second-order valence-corrected chi connectivity index (χ2v) is 6.10. The third-order valence-electron chi connectivity index (χ3n) is 3.09. The van der Waals surface area contributed by atoms with Crippen LogP contribution in [0, 0.1) is 6.92 Å². The first-order valence-corrected chi connectivity index (χ1v) is 6.94. The van der Waals surface area contributed by atoms with Gasteiger partial charge in [0.25, 0.3) is 0 Å². The van der Waals surface area contributed by atoms with Gasteiger partial charge in [0.1, 0.15) is 5.01 Å². The number of pyridine rings is 1. The lowest BCUT2D eigenvalue weighted by Crippen LogP contribution is -2.21. The molecule has 96 valence electrons. The molecule has 0 unspecified atom stereocenters. The van der Waals surface area contributed by atoms with Crippen molar-refractivity contribution in [1.82, 2.24) is 9.97 Å². The van der Waals surface area contributed by atoms with Gasteiger partial charge in [0.05, 0.1) is 5.69 Å². The van der Waals surface area contributed by atoms with Crippen molar-refractivity contribution in [2.45, 2.75) is 32.6 Å². The van der Waals surface area contributed by atoms with Crippen LogP contribution in [0.5, 0.6) is 0 Å². The molecule has 2 rings (SSSR count). The summed E-state index contributed by atoms with van der Waals surface area (Å²) in [7, 11) is 0. The molecular formula is C14H19N3S. The highest BCUT2D eigenvalue weighted by Crippen LogP contribution is 2.37. The molecule has 4 heteroatoms. The summed E-state index contributed by atoms with van der Waals surface area (Å²) >= 11 is 1.75. The van der Waals surface area contributed by atoms with Crippen molar-refractivity contribution < 1.29 is 0 Å². The lowest BCUT2D eigenvalue weighted by atomic mass is 9.87. The van der Waals surface area contributed by atoms with Crippen LogP contribution >= 0.6 is 11.3 Å². The molecule has 18 heavy (non-hydrogen) atoms. The van der Waals surface area contributed by atoms with E-state index >= 15 is 0 Å². The summed E-state index contributed by atoms with van der Waals surface area (Å²) in [5, 5.41) is 1.04. The Morgan fingerprint density at radius 2 is 2.17 bits per heavy atom. The molecule has 0 radical (unpaired) electrons. The van der Waals surface area contributed by atoms with E-state index in [1.807, 2.05) is 18.3 Å². The van der Waals surface area contributed by atoms with Crippen molar-refractivity contribution in [1.29, 1.82) is 0 Å². The molecule has 0 saturated carbocycles. The number of aryl methyl sites for hydroxylation is 1. The smallest absolute Gasteiger partial charge is 0.125 e. The summed E-state index contributed by atoms with van der Waals surface area (Å²) in [6, 6.07) is 3.99. The Labute approximate surface area is 112 Å². The van der Waals surface area contributed by atoms with Gasteiger partial charge in [-0.25, -0.2) is 4.98 Å². The maximum absolute atomic E-state index is 5.69. The molecule has 0 aliphatic carbocycles. The highest BCUT2D eigenvalue weighted by Gasteiger charge is 2.25. The Balaban J connectivity index is 2.39. The molecule has 2 aromatic heterocycles. The summed E-state index contributed by atoms with van der Waals surface area (Å²) < 4.78 is 0. The summed E-state index contributed by atoms with van der Waals surface area (Å²) in [5.41, 5.74) is 7.98. The second-order valence-electron chi connectivity index (χ2n) is 5.10. The fourth-order valence-corrected chi connectivity index (χ4v) is 3.30. The molecule has 2 aromatic rings. The van der Waals surface area contributed by atoms with Crippen LogP contribution in [0.3, 0.4) is 0 Å². The summed E-state index contributed by atoms with van der Waals surface area (Å²) in [6.07, 6.45) is 4.61. The van der Waals surface area contributed by atoms with Crippen molar-refractivity contribution in [3.05, 3.63) is 35.1 Å². The second kappa shape index (κ2) is 5.16. The average Bonchev–Trinajstić information content (AvgIpc) is 2.73. The Kier molecular flexibility index (Phi) is 3.78. The molecule has 0 saturated heterocycles. The van der Waals surface area contributed by atoms with E-state index in [4.69, 9.17) is 5.73 Å². The van der Waals surface area contributed by atoms with Crippen LogP contribution in [0.1, 0.15) is 30.8 Å². The molecule has 0 aliphatic heterocycles. The van der Waals surface area contributed by atoms with Gasteiger partial charge in [0.15, 0.2) is 0 Å². The molecule has 0 fully saturated rings. The summed E-state index contributed by atoms with van der Waals surface area (Å²) in [4.78, 5) is 10.1. The number of hydrogen-bond donors (Lipinski definition) is 1. The van der Waals surface area contributed by atoms with Crippen LogP contribution in [0.25, 0.3) is 10.6 Å². The Hall–Kier alpha value is -1.26. The Morgan fingerprint density at radius 1 is 1.39 bits per heavy atom. The predicted octanol–water partition coefficient (Wildman–Crippen LogP) is 3.14. The van der Waals surface area contributed by atoms with E-state index in [2.05, 4.69) is 30.7 Å². The van der Waals surface area contributed by atoms with E-state index in [1.165, 1.54) is 4.88 Å². The number of hydrogen-bond acceptors (Lipinski definition) is 4. The standard InChI is InChI=1S/C14H19N3S/c1-10-12(14(2,3)6-7-15)18-13(17-10)11-5-4-8-16-9-11/h4-5,8-9H,6-7,15H2,1-3H3. The first-order chi connectivity index (χ1) is 8.54. The summed E-state index contributed by atoms with van der Waals surface area (Å²) in [5.74, 6) is 0. The Morgan fingerprint density at radius 3 is 2.78 bits per heavy atom. The van der Waals surface area contributed by atoms with Crippen molar-refractivity contribution in [3.8, 4) is 10.6 Å². The molecule has 0 aliphatic rings. The minimum Gasteiger partial charge on any atom is -0.330 e. The van der Waals surface area contributed by atoms with Crippen molar-refractivity contribution in [2.75, 3.05) is 6.54 Å². The van der Waals surface area contributed by atoms with Crippen LogP contribution in [0.2, 0.25) is 0 Å². The normalized spacial score (nSPS) is 11.8. The molecular weight excluding hydrogens is 242 g/mol. The molecule has 2 heterocycles. The van der Waals surface area contributed by atoms with Gasteiger partial charge in [-0.2, -0.15) is 0 Å². The van der Waals surface area contributed by atoms with E-state index < -0.39 is 0 Å². The van der Waals surface area contributed by atoms with Crippen molar-refractivity contribution >= 4 is 11.3 Å². The number of nitrogens with zero attached hydrogens (tertiary/aromatic N) is 2. The fraction of sp³-hybridized carbons (Fsp3) is 0.429. The number of rotatable bonds is 4. The molecule has 0 bridgehead atoms. The first-order valence-electron chi connectivity index (χ1n) is 6.13. The minimum atomic E-state index is 0.0942. The van der Waals surface area contributed by atoms with Gasteiger partial charge < -0.3 is 5.73 Å².